The number of methoxy groups -OCH3 is 1. The summed E-state index contributed by atoms with van der Waals surface area (Å²) in [5.74, 6) is 1.77. The van der Waals surface area contributed by atoms with Crippen molar-refractivity contribution >= 4 is 0 Å². The lowest BCUT2D eigenvalue weighted by Gasteiger charge is -2.33. The quantitative estimate of drug-likeness (QED) is 0.664. The lowest BCUT2D eigenvalue weighted by Crippen LogP contribution is -2.39. The lowest BCUT2D eigenvalue weighted by molar-refractivity contribution is 0.0443. The average molecular weight is 243 g/mol. The predicted octanol–water partition coefficient (Wildman–Crippen LogP) is 2.45. The molecule has 1 rings (SSSR count). The fourth-order valence-electron chi connectivity index (χ4n) is 2.81. The van der Waals surface area contributed by atoms with Crippen molar-refractivity contribution in [2.75, 3.05) is 34.0 Å². The Hall–Kier alpha value is -0.120. The van der Waals surface area contributed by atoms with Gasteiger partial charge in [-0.25, -0.2) is 0 Å². The molecule has 1 atom stereocenters. The zero-order chi connectivity index (χ0) is 12.5. The second-order valence-corrected chi connectivity index (χ2v) is 5.15. The van der Waals surface area contributed by atoms with Gasteiger partial charge in [0.05, 0.1) is 19.8 Å². The van der Waals surface area contributed by atoms with Gasteiger partial charge in [-0.1, -0.05) is 26.2 Å². The number of rotatable bonds is 8. The molecule has 3 heteroatoms. The van der Waals surface area contributed by atoms with E-state index in [4.69, 9.17) is 9.47 Å². The van der Waals surface area contributed by atoms with Crippen LogP contribution in [-0.4, -0.2) is 40.0 Å². The van der Waals surface area contributed by atoms with Crippen molar-refractivity contribution in [3.05, 3.63) is 0 Å². The van der Waals surface area contributed by atoms with Crippen LogP contribution in [0.3, 0.4) is 0 Å². The summed E-state index contributed by atoms with van der Waals surface area (Å²) in [6.45, 7) is 4.54. The molecule has 1 aliphatic rings. The van der Waals surface area contributed by atoms with E-state index in [0.29, 0.717) is 19.3 Å². The topological polar surface area (TPSA) is 30.5 Å². The number of hydrogen-bond donors (Lipinski definition) is 1. The minimum absolute atomic E-state index is 0.518. The molecule has 0 radical (unpaired) electrons. The molecule has 17 heavy (non-hydrogen) atoms. The van der Waals surface area contributed by atoms with Crippen molar-refractivity contribution in [2.24, 2.45) is 11.8 Å². The maximum atomic E-state index is 5.65. The summed E-state index contributed by atoms with van der Waals surface area (Å²) in [4.78, 5) is 0. The van der Waals surface area contributed by atoms with Gasteiger partial charge in [0.25, 0.3) is 0 Å². The number of likely N-dealkylation sites (N-methyl/N-ethyl adjacent to an activating group) is 1. The third-order valence-electron chi connectivity index (χ3n) is 4.14. The van der Waals surface area contributed by atoms with Crippen molar-refractivity contribution in [3.63, 3.8) is 0 Å². The molecule has 0 aromatic rings. The van der Waals surface area contributed by atoms with E-state index in [1.54, 1.807) is 7.11 Å². The molecule has 1 fully saturated rings. The van der Waals surface area contributed by atoms with Crippen LogP contribution >= 0.6 is 0 Å². The van der Waals surface area contributed by atoms with E-state index in [2.05, 4.69) is 19.3 Å². The summed E-state index contributed by atoms with van der Waals surface area (Å²) >= 11 is 0. The van der Waals surface area contributed by atoms with E-state index in [9.17, 15) is 0 Å². The first kappa shape index (κ1) is 14.9. The van der Waals surface area contributed by atoms with E-state index in [-0.39, 0.29) is 0 Å². The maximum Gasteiger partial charge on any atom is 0.0701 e. The molecule has 0 bridgehead atoms. The molecule has 1 aliphatic carbocycles. The second-order valence-electron chi connectivity index (χ2n) is 5.15. The Kier molecular flexibility index (Phi) is 7.82. The summed E-state index contributed by atoms with van der Waals surface area (Å²) in [5, 5.41) is 3.42. The number of hydrogen-bond acceptors (Lipinski definition) is 3. The fourth-order valence-corrected chi connectivity index (χ4v) is 2.81. The molecule has 0 aliphatic heterocycles. The predicted molar refractivity (Wildman–Crippen MR) is 71.3 cm³/mol. The fraction of sp³-hybridized carbons (Fsp3) is 1.00. The second kappa shape index (κ2) is 8.90. The van der Waals surface area contributed by atoms with Gasteiger partial charge in [0, 0.05) is 13.2 Å². The third-order valence-corrected chi connectivity index (χ3v) is 4.14. The summed E-state index contributed by atoms with van der Waals surface area (Å²) in [7, 11) is 3.77. The Labute approximate surface area is 106 Å². The molecule has 0 aromatic carbocycles. The molecule has 0 saturated heterocycles. The van der Waals surface area contributed by atoms with Gasteiger partial charge >= 0.3 is 0 Å². The molecule has 0 amide bonds. The van der Waals surface area contributed by atoms with Gasteiger partial charge in [-0.05, 0) is 31.7 Å². The van der Waals surface area contributed by atoms with Crippen LogP contribution in [0.25, 0.3) is 0 Å². The molecule has 1 unspecified atom stereocenters. The van der Waals surface area contributed by atoms with Gasteiger partial charge < -0.3 is 14.8 Å². The zero-order valence-corrected chi connectivity index (χ0v) is 11.7. The number of ether oxygens (including phenoxy) is 2. The van der Waals surface area contributed by atoms with Gasteiger partial charge in [0.1, 0.15) is 0 Å². The minimum Gasteiger partial charge on any atom is -0.382 e. The molecular weight excluding hydrogens is 214 g/mol. The highest BCUT2D eigenvalue weighted by molar-refractivity contribution is 4.80. The van der Waals surface area contributed by atoms with Crippen LogP contribution in [0.2, 0.25) is 0 Å². The van der Waals surface area contributed by atoms with Gasteiger partial charge in [-0.3, -0.25) is 0 Å². The number of nitrogens with one attached hydrogen (secondary N) is 1. The van der Waals surface area contributed by atoms with E-state index >= 15 is 0 Å². The first-order chi connectivity index (χ1) is 8.31. The van der Waals surface area contributed by atoms with Crippen LogP contribution in [0.15, 0.2) is 0 Å². The highest BCUT2D eigenvalue weighted by Gasteiger charge is 2.25. The molecule has 0 heterocycles. The van der Waals surface area contributed by atoms with Crippen LogP contribution in [0.1, 0.15) is 39.0 Å². The van der Waals surface area contributed by atoms with Crippen molar-refractivity contribution in [3.8, 4) is 0 Å². The van der Waals surface area contributed by atoms with Crippen LogP contribution in [-0.2, 0) is 9.47 Å². The van der Waals surface area contributed by atoms with Gasteiger partial charge in [-0.2, -0.15) is 0 Å². The van der Waals surface area contributed by atoms with Gasteiger partial charge in [0.2, 0.25) is 0 Å². The molecule has 0 spiro atoms. The largest absolute Gasteiger partial charge is 0.382 e. The normalized spacial score (nSPS) is 27.0. The van der Waals surface area contributed by atoms with Crippen molar-refractivity contribution in [1.82, 2.24) is 5.32 Å². The maximum absolute atomic E-state index is 5.65. The summed E-state index contributed by atoms with van der Waals surface area (Å²) < 4.78 is 10.6. The Morgan fingerprint density at radius 1 is 1.18 bits per heavy atom. The highest BCUT2D eigenvalue weighted by Crippen LogP contribution is 2.32. The average Bonchev–Trinajstić information content (AvgIpc) is 2.39. The van der Waals surface area contributed by atoms with Crippen LogP contribution < -0.4 is 5.32 Å². The van der Waals surface area contributed by atoms with Crippen LogP contribution in [0.4, 0.5) is 0 Å². The first-order valence-corrected chi connectivity index (χ1v) is 7.05. The Morgan fingerprint density at radius 2 is 1.88 bits per heavy atom. The van der Waals surface area contributed by atoms with E-state index in [0.717, 1.165) is 18.4 Å². The van der Waals surface area contributed by atoms with Crippen molar-refractivity contribution < 1.29 is 9.47 Å². The SMILES string of the molecule is CCC1CCC(C(COCCOC)NC)CC1. The summed E-state index contributed by atoms with van der Waals surface area (Å²) in [6, 6.07) is 0.518. The van der Waals surface area contributed by atoms with Crippen LogP contribution in [0.5, 0.6) is 0 Å². The van der Waals surface area contributed by atoms with E-state index in [1.807, 2.05) is 0 Å². The minimum atomic E-state index is 0.518. The molecule has 3 nitrogen and oxygen atoms in total. The van der Waals surface area contributed by atoms with E-state index < -0.39 is 0 Å². The lowest BCUT2D eigenvalue weighted by atomic mass is 9.78. The summed E-state index contributed by atoms with van der Waals surface area (Å²) in [6.07, 6.45) is 6.87. The third kappa shape index (κ3) is 5.36. The molecule has 0 aromatic heterocycles. The van der Waals surface area contributed by atoms with Gasteiger partial charge in [0.15, 0.2) is 0 Å². The molecule has 102 valence electrons. The highest BCUT2D eigenvalue weighted by atomic mass is 16.5. The smallest absolute Gasteiger partial charge is 0.0701 e. The van der Waals surface area contributed by atoms with Gasteiger partial charge in [-0.15, -0.1) is 0 Å². The Bertz CT molecular complexity index is 179. The molecular formula is C14H29NO2. The Balaban J connectivity index is 2.21. The molecule has 1 saturated carbocycles. The standard InChI is InChI=1S/C14H29NO2/c1-4-12-5-7-13(8-6-12)14(15-2)11-17-10-9-16-3/h12-15H,4-11H2,1-3H3. The van der Waals surface area contributed by atoms with E-state index in [1.165, 1.54) is 32.1 Å². The monoisotopic (exact) mass is 243 g/mol. The van der Waals surface area contributed by atoms with Crippen molar-refractivity contribution in [1.29, 1.82) is 0 Å². The van der Waals surface area contributed by atoms with Crippen LogP contribution in [0, 0.1) is 11.8 Å². The summed E-state index contributed by atoms with van der Waals surface area (Å²) in [5.41, 5.74) is 0. The van der Waals surface area contributed by atoms with Crippen molar-refractivity contribution in [2.45, 2.75) is 45.1 Å². The molecule has 1 N–H and O–H groups in total. The Morgan fingerprint density at radius 3 is 2.41 bits per heavy atom. The first-order valence-electron chi connectivity index (χ1n) is 7.05. The zero-order valence-electron chi connectivity index (χ0n) is 11.7.